The Kier molecular flexibility index (Phi) is 6.93. The molecular formula is C13H20ClNS. The number of benzene rings is 1. The van der Waals surface area contributed by atoms with E-state index in [0.29, 0.717) is 6.04 Å². The number of hydrogen-bond donors (Lipinski definition) is 1. The second-order valence-electron chi connectivity index (χ2n) is 4.03. The molecule has 1 rings (SSSR count). The van der Waals surface area contributed by atoms with E-state index in [-0.39, 0.29) is 0 Å². The van der Waals surface area contributed by atoms with Crippen molar-refractivity contribution in [3.8, 4) is 0 Å². The molecule has 1 N–H and O–H groups in total. The maximum absolute atomic E-state index is 5.85. The van der Waals surface area contributed by atoms with Crippen LogP contribution >= 0.6 is 23.4 Å². The van der Waals surface area contributed by atoms with Crippen molar-refractivity contribution in [2.75, 3.05) is 18.6 Å². The van der Waals surface area contributed by atoms with Crippen LogP contribution in [0, 0.1) is 0 Å². The molecule has 90 valence electrons. The summed E-state index contributed by atoms with van der Waals surface area (Å²) in [6, 6.07) is 8.64. The lowest BCUT2D eigenvalue weighted by Gasteiger charge is -2.13. The summed E-state index contributed by atoms with van der Waals surface area (Å²) in [6.07, 6.45) is 4.46. The second kappa shape index (κ2) is 7.99. The Bertz CT molecular complexity index is 286. The second-order valence-corrected chi connectivity index (χ2v) is 5.45. The summed E-state index contributed by atoms with van der Waals surface area (Å²) in [4.78, 5) is 0. The summed E-state index contributed by atoms with van der Waals surface area (Å²) in [6.45, 7) is 3.34. The zero-order valence-electron chi connectivity index (χ0n) is 10.0. The SMILES string of the molecule is CSCCCNC(C)Cc1ccc(Cl)cc1. The van der Waals surface area contributed by atoms with Crippen LogP contribution in [0.1, 0.15) is 18.9 Å². The minimum absolute atomic E-state index is 0.531. The first-order chi connectivity index (χ1) is 7.72. The highest BCUT2D eigenvalue weighted by molar-refractivity contribution is 7.98. The van der Waals surface area contributed by atoms with Crippen LogP contribution in [0.5, 0.6) is 0 Å². The van der Waals surface area contributed by atoms with Crippen molar-refractivity contribution in [2.45, 2.75) is 25.8 Å². The summed E-state index contributed by atoms with van der Waals surface area (Å²) >= 11 is 7.75. The van der Waals surface area contributed by atoms with Gasteiger partial charge < -0.3 is 5.32 Å². The van der Waals surface area contributed by atoms with Crippen LogP contribution in [0.3, 0.4) is 0 Å². The molecule has 0 saturated carbocycles. The summed E-state index contributed by atoms with van der Waals surface area (Å²) in [5.74, 6) is 1.24. The Morgan fingerprint density at radius 3 is 2.62 bits per heavy atom. The molecule has 0 bridgehead atoms. The summed E-state index contributed by atoms with van der Waals surface area (Å²) in [5.41, 5.74) is 1.34. The monoisotopic (exact) mass is 257 g/mol. The molecule has 3 heteroatoms. The van der Waals surface area contributed by atoms with Gasteiger partial charge in [-0.25, -0.2) is 0 Å². The highest BCUT2D eigenvalue weighted by Crippen LogP contribution is 2.11. The number of thioether (sulfide) groups is 1. The summed E-state index contributed by atoms with van der Waals surface area (Å²) in [5, 5.41) is 4.34. The van der Waals surface area contributed by atoms with Crippen molar-refractivity contribution in [3.05, 3.63) is 34.9 Å². The van der Waals surface area contributed by atoms with Gasteiger partial charge in [-0.2, -0.15) is 11.8 Å². The molecule has 1 aromatic carbocycles. The molecule has 0 spiro atoms. The van der Waals surface area contributed by atoms with Crippen molar-refractivity contribution >= 4 is 23.4 Å². The van der Waals surface area contributed by atoms with Crippen molar-refractivity contribution in [2.24, 2.45) is 0 Å². The Balaban J connectivity index is 2.23. The fourth-order valence-corrected chi connectivity index (χ4v) is 2.17. The third-order valence-corrected chi connectivity index (χ3v) is 3.42. The predicted molar refractivity (Wildman–Crippen MR) is 75.6 cm³/mol. The number of hydrogen-bond acceptors (Lipinski definition) is 2. The largest absolute Gasteiger partial charge is 0.314 e. The maximum atomic E-state index is 5.85. The van der Waals surface area contributed by atoms with Crippen LogP contribution < -0.4 is 5.32 Å². The van der Waals surface area contributed by atoms with Crippen LogP contribution in [0.15, 0.2) is 24.3 Å². The average Bonchev–Trinajstić information content (AvgIpc) is 2.28. The van der Waals surface area contributed by atoms with E-state index in [1.807, 2.05) is 23.9 Å². The van der Waals surface area contributed by atoms with Gasteiger partial charge in [0.15, 0.2) is 0 Å². The summed E-state index contributed by atoms with van der Waals surface area (Å²) in [7, 11) is 0. The van der Waals surface area contributed by atoms with E-state index in [1.54, 1.807) is 0 Å². The third-order valence-electron chi connectivity index (χ3n) is 2.47. The summed E-state index contributed by atoms with van der Waals surface area (Å²) < 4.78 is 0. The van der Waals surface area contributed by atoms with Crippen LogP contribution in [0.25, 0.3) is 0 Å². The lowest BCUT2D eigenvalue weighted by molar-refractivity contribution is 0.545. The molecule has 0 saturated heterocycles. The van der Waals surface area contributed by atoms with E-state index in [0.717, 1.165) is 18.0 Å². The van der Waals surface area contributed by atoms with E-state index in [1.165, 1.54) is 17.7 Å². The van der Waals surface area contributed by atoms with E-state index in [9.17, 15) is 0 Å². The van der Waals surface area contributed by atoms with E-state index < -0.39 is 0 Å². The highest BCUT2D eigenvalue weighted by Gasteiger charge is 2.02. The van der Waals surface area contributed by atoms with Gasteiger partial charge in [-0.15, -0.1) is 0 Å². The normalized spacial score (nSPS) is 12.7. The highest BCUT2D eigenvalue weighted by atomic mass is 35.5. The number of rotatable bonds is 7. The van der Waals surface area contributed by atoms with Gasteiger partial charge in [0.1, 0.15) is 0 Å². The third kappa shape index (κ3) is 5.78. The molecule has 0 aromatic heterocycles. The van der Waals surface area contributed by atoms with E-state index in [4.69, 9.17) is 11.6 Å². The molecule has 1 atom stereocenters. The van der Waals surface area contributed by atoms with Crippen LogP contribution in [-0.4, -0.2) is 24.6 Å². The minimum Gasteiger partial charge on any atom is -0.314 e. The minimum atomic E-state index is 0.531. The molecule has 0 heterocycles. The van der Waals surface area contributed by atoms with E-state index >= 15 is 0 Å². The van der Waals surface area contributed by atoms with Crippen LogP contribution in [-0.2, 0) is 6.42 Å². The Morgan fingerprint density at radius 2 is 2.00 bits per heavy atom. The maximum Gasteiger partial charge on any atom is 0.0406 e. The van der Waals surface area contributed by atoms with Gasteiger partial charge in [0.05, 0.1) is 0 Å². The molecule has 16 heavy (non-hydrogen) atoms. The van der Waals surface area contributed by atoms with Gasteiger partial charge >= 0.3 is 0 Å². The molecular weight excluding hydrogens is 238 g/mol. The van der Waals surface area contributed by atoms with Gasteiger partial charge in [-0.1, -0.05) is 23.7 Å². The first-order valence-corrected chi connectivity index (χ1v) is 7.46. The van der Waals surface area contributed by atoms with Crippen molar-refractivity contribution < 1.29 is 0 Å². The molecule has 0 radical (unpaired) electrons. The van der Waals surface area contributed by atoms with Crippen molar-refractivity contribution in [1.82, 2.24) is 5.32 Å². The number of halogens is 1. The zero-order chi connectivity index (χ0) is 11.8. The molecule has 1 nitrogen and oxygen atoms in total. The molecule has 1 unspecified atom stereocenters. The molecule has 0 aliphatic carbocycles. The first-order valence-electron chi connectivity index (χ1n) is 5.69. The van der Waals surface area contributed by atoms with Gasteiger partial charge in [-0.3, -0.25) is 0 Å². The topological polar surface area (TPSA) is 12.0 Å². The Morgan fingerprint density at radius 1 is 1.31 bits per heavy atom. The van der Waals surface area contributed by atoms with E-state index in [2.05, 4.69) is 30.6 Å². The first kappa shape index (κ1) is 13.9. The van der Waals surface area contributed by atoms with Gasteiger partial charge in [-0.05, 0) is 56.0 Å². The Hall–Kier alpha value is -0.180. The molecule has 1 aromatic rings. The van der Waals surface area contributed by atoms with Crippen LogP contribution in [0.4, 0.5) is 0 Å². The van der Waals surface area contributed by atoms with Crippen molar-refractivity contribution in [3.63, 3.8) is 0 Å². The average molecular weight is 258 g/mol. The standard InChI is InChI=1S/C13H20ClNS/c1-11(15-8-3-9-16-2)10-12-4-6-13(14)7-5-12/h4-7,11,15H,3,8-10H2,1-2H3. The van der Waals surface area contributed by atoms with Gasteiger partial charge in [0, 0.05) is 11.1 Å². The van der Waals surface area contributed by atoms with Gasteiger partial charge in [0.2, 0.25) is 0 Å². The smallest absolute Gasteiger partial charge is 0.0406 e. The lowest BCUT2D eigenvalue weighted by Crippen LogP contribution is -2.29. The fraction of sp³-hybridized carbons (Fsp3) is 0.538. The molecule has 0 fully saturated rings. The fourth-order valence-electron chi connectivity index (χ4n) is 1.61. The quantitative estimate of drug-likeness (QED) is 0.749. The van der Waals surface area contributed by atoms with Crippen LogP contribution in [0.2, 0.25) is 5.02 Å². The Labute approximate surface area is 108 Å². The predicted octanol–water partition coefficient (Wildman–Crippen LogP) is 3.61. The van der Waals surface area contributed by atoms with Gasteiger partial charge in [0.25, 0.3) is 0 Å². The molecule has 0 aliphatic rings. The van der Waals surface area contributed by atoms with Crippen molar-refractivity contribution in [1.29, 1.82) is 0 Å². The zero-order valence-corrected chi connectivity index (χ0v) is 11.6. The molecule has 0 aliphatic heterocycles. The lowest BCUT2D eigenvalue weighted by atomic mass is 10.1. The molecule has 0 amide bonds. The number of nitrogens with one attached hydrogen (secondary N) is 1.